The van der Waals surface area contributed by atoms with Crippen molar-refractivity contribution in [3.05, 3.63) is 36.0 Å². The van der Waals surface area contributed by atoms with Crippen LogP contribution in [-0.2, 0) is 4.79 Å². The quantitative estimate of drug-likeness (QED) is 0.843. The first-order chi connectivity index (χ1) is 9.65. The molecular weight excluding hydrogens is 261 g/mol. The number of likely N-dealkylation sites (tertiary alicyclic amines) is 1. The lowest BCUT2D eigenvalue weighted by molar-refractivity contribution is -0.127. The first-order valence-electron chi connectivity index (χ1n) is 6.49. The van der Waals surface area contributed by atoms with Gasteiger partial charge in [-0.1, -0.05) is 12.1 Å². The van der Waals surface area contributed by atoms with Gasteiger partial charge in [-0.25, -0.2) is 4.39 Å². The third kappa shape index (κ3) is 2.29. The number of nitrogens with zero attached hydrogens (tertiary/aromatic N) is 3. The van der Waals surface area contributed by atoms with Crippen LogP contribution < -0.4 is 0 Å². The molecule has 0 spiro atoms. The molecule has 0 unspecified atom stereocenters. The Kier molecular flexibility index (Phi) is 3.22. The molecule has 2 heterocycles. The molecule has 1 saturated heterocycles. The molecule has 1 fully saturated rings. The lowest BCUT2D eigenvalue weighted by atomic mass is 10.1. The van der Waals surface area contributed by atoms with Crippen molar-refractivity contribution in [1.82, 2.24) is 15.1 Å². The van der Waals surface area contributed by atoms with E-state index in [1.165, 1.54) is 6.07 Å². The Balaban J connectivity index is 1.81. The number of amides is 1. The van der Waals surface area contributed by atoms with Crippen molar-refractivity contribution in [1.29, 1.82) is 0 Å². The Morgan fingerprint density at radius 2 is 2.20 bits per heavy atom. The molecule has 1 aromatic carbocycles. The predicted octanol–water partition coefficient (Wildman–Crippen LogP) is 2.21. The third-order valence-electron chi connectivity index (χ3n) is 3.53. The molecule has 0 radical (unpaired) electrons. The fourth-order valence-corrected chi connectivity index (χ4v) is 2.39. The number of halogens is 1. The van der Waals surface area contributed by atoms with Crippen LogP contribution in [0.25, 0.3) is 11.5 Å². The fourth-order valence-electron chi connectivity index (χ4n) is 2.39. The maximum atomic E-state index is 13.6. The lowest BCUT2D eigenvalue weighted by Crippen LogP contribution is -2.25. The third-order valence-corrected chi connectivity index (χ3v) is 3.53. The second-order valence-corrected chi connectivity index (χ2v) is 4.88. The number of hydrogen-bond acceptors (Lipinski definition) is 4. The molecule has 0 saturated carbocycles. The minimum absolute atomic E-state index is 0.0342. The van der Waals surface area contributed by atoms with Gasteiger partial charge in [0.15, 0.2) is 0 Å². The van der Waals surface area contributed by atoms with Crippen LogP contribution in [-0.4, -0.2) is 34.1 Å². The van der Waals surface area contributed by atoms with E-state index >= 15 is 0 Å². The zero-order valence-corrected chi connectivity index (χ0v) is 11.0. The van der Waals surface area contributed by atoms with Crippen molar-refractivity contribution in [2.45, 2.75) is 19.3 Å². The second kappa shape index (κ2) is 5.03. The molecule has 1 aliphatic heterocycles. The maximum absolute atomic E-state index is 13.6. The molecule has 1 aromatic heterocycles. The van der Waals surface area contributed by atoms with Crippen LogP contribution in [0, 0.1) is 5.82 Å². The lowest BCUT2D eigenvalue weighted by Gasteiger charge is -2.11. The standard InChI is InChI=1S/C14H14FN3O2/c1-9(19)18-7-6-10(8-18)13-16-17-14(20-13)11-4-2-3-5-12(11)15/h2-5,10H,6-8H2,1H3/t10-/m0/s1. The molecule has 20 heavy (non-hydrogen) atoms. The molecule has 0 N–H and O–H groups in total. The SMILES string of the molecule is CC(=O)N1CC[C@H](c2nnc(-c3ccccc3F)o2)C1. The Labute approximate surface area is 115 Å². The molecule has 5 nitrogen and oxygen atoms in total. The monoisotopic (exact) mass is 275 g/mol. The van der Waals surface area contributed by atoms with E-state index in [2.05, 4.69) is 10.2 Å². The predicted molar refractivity (Wildman–Crippen MR) is 69.3 cm³/mol. The number of hydrogen-bond donors (Lipinski definition) is 0. The maximum Gasteiger partial charge on any atom is 0.250 e. The van der Waals surface area contributed by atoms with Gasteiger partial charge in [-0.05, 0) is 18.6 Å². The highest BCUT2D eigenvalue weighted by molar-refractivity contribution is 5.73. The number of carbonyl (C=O) groups excluding carboxylic acids is 1. The van der Waals surface area contributed by atoms with Gasteiger partial charge < -0.3 is 9.32 Å². The summed E-state index contributed by atoms with van der Waals surface area (Å²) in [5.74, 6) is 0.333. The molecular formula is C14H14FN3O2. The number of benzene rings is 1. The van der Waals surface area contributed by atoms with Gasteiger partial charge in [0.25, 0.3) is 5.89 Å². The average molecular weight is 275 g/mol. The summed E-state index contributed by atoms with van der Waals surface area (Å²) >= 11 is 0. The zero-order chi connectivity index (χ0) is 14.1. The highest BCUT2D eigenvalue weighted by atomic mass is 19.1. The number of carbonyl (C=O) groups is 1. The molecule has 0 bridgehead atoms. The first-order valence-corrected chi connectivity index (χ1v) is 6.49. The van der Waals surface area contributed by atoms with E-state index in [0.717, 1.165) is 6.42 Å². The van der Waals surface area contributed by atoms with Crippen LogP contribution in [0.4, 0.5) is 4.39 Å². The number of aromatic nitrogens is 2. The molecule has 1 aliphatic rings. The van der Waals surface area contributed by atoms with Crippen LogP contribution in [0.3, 0.4) is 0 Å². The van der Waals surface area contributed by atoms with Crippen LogP contribution in [0.15, 0.2) is 28.7 Å². The van der Waals surface area contributed by atoms with Crippen molar-refractivity contribution in [2.75, 3.05) is 13.1 Å². The van der Waals surface area contributed by atoms with Gasteiger partial charge >= 0.3 is 0 Å². The molecule has 1 amide bonds. The smallest absolute Gasteiger partial charge is 0.250 e. The van der Waals surface area contributed by atoms with E-state index in [1.54, 1.807) is 30.0 Å². The summed E-state index contributed by atoms with van der Waals surface area (Å²) in [7, 11) is 0. The summed E-state index contributed by atoms with van der Waals surface area (Å²) in [6.45, 7) is 2.81. The molecule has 2 aromatic rings. The van der Waals surface area contributed by atoms with Gasteiger partial charge in [0, 0.05) is 20.0 Å². The summed E-state index contributed by atoms with van der Waals surface area (Å²) in [6.07, 6.45) is 0.790. The largest absolute Gasteiger partial charge is 0.420 e. The van der Waals surface area contributed by atoms with Crippen molar-refractivity contribution in [2.24, 2.45) is 0 Å². The summed E-state index contributed by atoms with van der Waals surface area (Å²) in [5, 5.41) is 7.89. The summed E-state index contributed by atoms with van der Waals surface area (Å²) < 4.78 is 19.2. The topological polar surface area (TPSA) is 59.2 Å². The highest BCUT2D eigenvalue weighted by Gasteiger charge is 2.29. The Bertz CT molecular complexity index is 641. The Morgan fingerprint density at radius 3 is 2.90 bits per heavy atom. The Hall–Kier alpha value is -2.24. The summed E-state index contributed by atoms with van der Waals surface area (Å²) in [6, 6.07) is 6.28. The minimum Gasteiger partial charge on any atom is -0.420 e. The normalized spacial score (nSPS) is 18.5. The van der Waals surface area contributed by atoms with Gasteiger partial charge in [0.2, 0.25) is 11.8 Å². The first kappa shape index (κ1) is 12.8. The van der Waals surface area contributed by atoms with Crippen LogP contribution in [0.5, 0.6) is 0 Å². The van der Waals surface area contributed by atoms with Gasteiger partial charge in [-0.3, -0.25) is 4.79 Å². The van der Waals surface area contributed by atoms with E-state index in [1.807, 2.05) is 0 Å². The van der Waals surface area contributed by atoms with Gasteiger partial charge in [0.05, 0.1) is 11.5 Å². The van der Waals surface area contributed by atoms with Gasteiger partial charge in [-0.15, -0.1) is 10.2 Å². The molecule has 1 atom stereocenters. The van der Waals surface area contributed by atoms with E-state index in [9.17, 15) is 9.18 Å². The van der Waals surface area contributed by atoms with Crippen LogP contribution >= 0.6 is 0 Å². The summed E-state index contributed by atoms with van der Waals surface area (Å²) in [5.41, 5.74) is 0.299. The fraction of sp³-hybridized carbons (Fsp3) is 0.357. The summed E-state index contributed by atoms with van der Waals surface area (Å²) in [4.78, 5) is 13.1. The van der Waals surface area contributed by atoms with Crippen LogP contribution in [0.2, 0.25) is 0 Å². The van der Waals surface area contributed by atoms with Gasteiger partial charge in [0.1, 0.15) is 5.82 Å². The second-order valence-electron chi connectivity index (χ2n) is 4.88. The van der Waals surface area contributed by atoms with Crippen LogP contribution in [0.1, 0.15) is 25.2 Å². The number of rotatable bonds is 2. The van der Waals surface area contributed by atoms with Gasteiger partial charge in [-0.2, -0.15) is 0 Å². The highest BCUT2D eigenvalue weighted by Crippen LogP contribution is 2.29. The van der Waals surface area contributed by atoms with E-state index in [-0.39, 0.29) is 23.5 Å². The molecule has 6 heteroatoms. The van der Waals surface area contributed by atoms with Crippen molar-refractivity contribution < 1.29 is 13.6 Å². The molecule has 0 aliphatic carbocycles. The van der Waals surface area contributed by atoms with Crippen molar-refractivity contribution in [3.63, 3.8) is 0 Å². The van der Waals surface area contributed by atoms with E-state index < -0.39 is 0 Å². The zero-order valence-electron chi connectivity index (χ0n) is 11.0. The minimum atomic E-state index is -0.389. The average Bonchev–Trinajstić information content (AvgIpc) is 3.08. The molecule has 3 rings (SSSR count). The molecule has 104 valence electrons. The van der Waals surface area contributed by atoms with Crippen molar-refractivity contribution in [3.8, 4) is 11.5 Å². The Morgan fingerprint density at radius 1 is 1.40 bits per heavy atom. The van der Waals surface area contributed by atoms with E-state index in [4.69, 9.17) is 4.42 Å². The van der Waals surface area contributed by atoms with E-state index in [0.29, 0.717) is 24.5 Å². The van der Waals surface area contributed by atoms with Crippen molar-refractivity contribution >= 4 is 5.91 Å².